The molecule has 0 radical (unpaired) electrons. The Hall–Kier alpha value is -3.18. The number of hydrogen-bond acceptors (Lipinski definition) is 7. The number of anilines is 3. The molecule has 0 atom stereocenters. The first kappa shape index (κ1) is 20.6. The van der Waals surface area contributed by atoms with Crippen LogP contribution in [-0.2, 0) is 20.0 Å². The van der Waals surface area contributed by atoms with Gasteiger partial charge in [-0.3, -0.25) is 4.72 Å². The predicted molar refractivity (Wildman–Crippen MR) is 110 cm³/mol. The molecule has 29 heavy (non-hydrogen) atoms. The smallest absolute Gasteiger partial charge is 0.264 e. The first-order valence-corrected chi connectivity index (χ1v) is 11.4. The molecule has 0 aliphatic rings. The third kappa shape index (κ3) is 5.00. The van der Waals surface area contributed by atoms with Crippen LogP contribution in [0.15, 0.2) is 64.4 Å². The highest BCUT2D eigenvalue weighted by Crippen LogP contribution is 2.20. The monoisotopic (exact) mass is 433 g/mol. The lowest BCUT2D eigenvalue weighted by atomic mass is 10.3. The van der Waals surface area contributed by atoms with E-state index in [1.165, 1.54) is 48.5 Å². The lowest BCUT2D eigenvalue weighted by Gasteiger charge is -2.10. The van der Waals surface area contributed by atoms with Crippen LogP contribution in [0, 0.1) is 13.8 Å². The number of benzene rings is 2. The van der Waals surface area contributed by atoms with E-state index in [2.05, 4.69) is 19.4 Å². The molecule has 2 aromatic carbocycles. The number of nitrogens with two attached hydrogens (primary N) is 1. The quantitative estimate of drug-likeness (QED) is 0.506. The molecular weight excluding hydrogens is 414 g/mol. The van der Waals surface area contributed by atoms with E-state index in [1.807, 2.05) is 0 Å². The fourth-order valence-corrected chi connectivity index (χ4v) is 4.52. The van der Waals surface area contributed by atoms with E-state index in [9.17, 15) is 16.8 Å². The van der Waals surface area contributed by atoms with Crippen molar-refractivity contribution < 1.29 is 16.8 Å². The maximum absolute atomic E-state index is 12.5. The molecular formula is C18H19N5O4S2. The Morgan fingerprint density at radius 2 is 1.17 bits per heavy atom. The van der Waals surface area contributed by atoms with Gasteiger partial charge in [-0.05, 0) is 68.4 Å². The van der Waals surface area contributed by atoms with Gasteiger partial charge in [-0.25, -0.2) is 31.5 Å². The number of aryl methyl sites for hydroxylation is 2. The number of nitrogen functional groups attached to an aromatic ring is 1. The van der Waals surface area contributed by atoms with E-state index in [0.717, 1.165) is 0 Å². The van der Waals surface area contributed by atoms with Crippen LogP contribution < -0.4 is 15.2 Å². The van der Waals surface area contributed by atoms with Crippen LogP contribution in [0.4, 0.5) is 17.3 Å². The van der Waals surface area contributed by atoms with E-state index in [4.69, 9.17) is 5.73 Å². The molecule has 1 aromatic heterocycles. The van der Waals surface area contributed by atoms with Crippen LogP contribution in [0.5, 0.6) is 0 Å². The summed E-state index contributed by atoms with van der Waals surface area (Å²) in [6.07, 6.45) is 0. The summed E-state index contributed by atoms with van der Waals surface area (Å²) in [5.74, 6) is -0.0318. The Bertz CT molecular complexity index is 1220. The second-order valence-electron chi connectivity index (χ2n) is 6.28. The third-order valence-electron chi connectivity index (χ3n) is 3.82. The summed E-state index contributed by atoms with van der Waals surface area (Å²) in [5.41, 5.74) is 7.47. The van der Waals surface area contributed by atoms with Crippen molar-refractivity contribution in [1.29, 1.82) is 0 Å². The minimum absolute atomic E-state index is 0.0318. The standard InChI is InChI=1S/C18H19N5O4S2/c1-12-11-13(2)21-18(20-12)23-29(26,27)17-9-5-15(6-10-17)22-28(24,25)16-7-3-14(19)4-8-16/h3-11,22H,19H2,1-2H3,(H,20,21,23). The highest BCUT2D eigenvalue weighted by atomic mass is 32.2. The lowest BCUT2D eigenvalue weighted by Crippen LogP contribution is -2.16. The SMILES string of the molecule is Cc1cc(C)nc(NS(=O)(=O)c2ccc(NS(=O)(=O)c3ccc(N)cc3)cc2)n1. The lowest BCUT2D eigenvalue weighted by molar-refractivity contribution is 0.599. The average molecular weight is 434 g/mol. The van der Waals surface area contributed by atoms with Gasteiger partial charge < -0.3 is 5.73 Å². The number of nitrogens with zero attached hydrogens (tertiary/aromatic N) is 2. The zero-order valence-electron chi connectivity index (χ0n) is 15.6. The van der Waals surface area contributed by atoms with Gasteiger partial charge in [-0.15, -0.1) is 0 Å². The Labute approximate surface area is 169 Å². The summed E-state index contributed by atoms with van der Waals surface area (Å²) < 4.78 is 54.6. The normalized spacial score (nSPS) is 11.8. The van der Waals surface area contributed by atoms with Gasteiger partial charge in [0.05, 0.1) is 9.79 Å². The molecule has 0 fully saturated rings. The molecule has 11 heteroatoms. The van der Waals surface area contributed by atoms with Crippen LogP contribution in [-0.4, -0.2) is 26.8 Å². The van der Waals surface area contributed by atoms with Crippen LogP contribution in [0.25, 0.3) is 0 Å². The van der Waals surface area contributed by atoms with Gasteiger partial charge in [0, 0.05) is 22.8 Å². The predicted octanol–water partition coefficient (Wildman–Crippen LogP) is 2.28. The second-order valence-corrected chi connectivity index (χ2v) is 9.64. The molecule has 0 amide bonds. The fourth-order valence-electron chi connectivity index (χ4n) is 2.51. The van der Waals surface area contributed by atoms with Crippen LogP contribution in [0.2, 0.25) is 0 Å². The Morgan fingerprint density at radius 1 is 0.724 bits per heavy atom. The van der Waals surface area contributed by atoms with E-state index in [-0.39, 0.29) is 21.4 Å². The van der Waals surface area contributed by atoms with Gasteiger partial charge >= 0.3 is 0 Å². The van der Waals surface area contributed by atoms with Crippen molar-refractivity contribution in [3.8, 4) is 0 Å². The summed E-state index contributed by atoms with van der Waals surface area (Å²) in [6.45, 7) is 3.46. The molecule has 152 valence electrons. The van der Waals surface area contributed by atoms with E-state index >= 15 is 0 Å². The van der Waals surface area contributed by atoms with Crippen molar-refractivity contribution in [2.75, 3.05) is 15.2 Å². The zero-order chi connectivity index (χ0) is 21.2. The molecule has 0 saturated carbocycles. The average Bonchev–Trinajstić information content (AvgIpc) is 2.61. The molecule has 1 heterocycles. The summed E-state index contributed by atoms with van der Waals surface area (Å²) >= 11 is 0. The minimum atomic E-state index is -3.93. The molecule has 3 rings (SSSR count). The maximum atomic E-state index is 12.5. The largest absolute Gasteiger partial charge is 0.399 e. The number of sulfonamides is 2. The summed E-state index contributed by atoms with van der Waals surface area (Å²) in [7, 11) is -7.76. The molecule has 0 aliphatic carbocycles. The molecule has 0 saturated heterocycles. The van der Waals surface area contributed by atoms with Gasteiger partial charge in [0.25, 0.3) is 20.0 Å². The van der Waals surface area contributed by atoms with Crippen LogP contribution >= 0.6 is 0 Å². The first-order chi connectivity index (χ1) is 13.5. The highest BCUT2D eigenvalue weighted by Gasteiger charge is 2.18. The molecule has 0 aliphatic heterocycles. The van der Waals surface area contributed by atoms with Crippen molar-refractivity contribution in [3.05, 3.63) is 66.0 Å². The fraction of sp³-hybridized carbons (Fsp3) is 0.111. The summed E-state index contributed by atoms with van der Waals surface area (Å²) in [4.78, 5) is 8.08. The van der Waals surface area contributed by atoms with E-state index < -0.39 is 20.0 Å². The summed E-state index contributed by atoms with van der Waals surface area (Å²) in [6, 6.07) is 12.7. The Morgan fingerprint density at radius 3 is 1.69 bits per heavy atom. The maximum Gasteiger partial charge on any atom is 0.264 e. The van der Waals surface area contributed by atoms with Crippen molar-refractivity contribution in [3.63, 3.8) is 0 Å². The zero-order valence-corrected chi connectivity index (χ0v) is 17.3. The van der Waals surface area contributed by atoms with Crippen molar-refractivity contribution in [2.45, 2.75) is 23.6 Å². The van der Waals surface area contributed by atoms with Gasteiger partial charge in [-0.1, -0.05) is 0 Å². The Balaban J connectivity index is 1.79. The molecule has 4 N–H and O–H groups in total. The van der Waals surface area contributed by atoms with Crippen molar-refractivity contribution in [1.82, 2.24) is 9.97 Å². The van der Waals surface area contributed by atoms with Gasteiger partial charge in [0.2, 0.25) is 5.95 Å². The molecule has 0 spiro atoms. The summed E-state index contributed by atoms with van der Waals surface area (Å²) in [5, 5.41) is 0. The number of aromatic nitrogens is 2. The number of nitrogens with one attached hydrogen (secondary N) is 2. The van der Waals surface area contributed by atoms with Crippen molar-refractivity contribution in [2.24, 2.45) is 0 Å². The second kappa shape index (κ2) is 7.68. The minimum Gasteiger partial charge on any atom is -0.399 e. The molecule has 0 unspecified atom stereocenters. The number of rotatable bonds is 6. The van der Waals surface area contributed by atoms with E-state index in [0.29, 0.717) is 17.1 Å². The van der Waals surface area contributed by atoms with Crippen LogP contribution in [0.3, 0.4) is 0 Å². The topological polar surface area (TPSA) is 144 Å². The van der Waals surface area contributed by atoms with Crippen molar-refractivity contribution >= 4 is 37.4 Å². The Kier molecular flexibility index (Phi) is 5.44. The van der Waals surface area contributed by atoms with Gasteiger partial charge in [0.1, 0.15) is 0 Å². The van der Waals surface area contributed by atoms with Gasteiger partial charge in [0.15, 0.2) is 0 Å². The number of hydrogen-bond donors (Lipinski definition) is 3. The first-order valence-electron chi connectivity index (χ1n) is 8.39. The molecule has 3 aromatic rings. The van der Waals surface area contributed by atoms with Gasteiger partial charge in [-0.2, -0.15) is 0 Å². The third-order valence-corrected chi connectivity index (χ3v) is 6.56. The molecule has 0 bridgehead atoms. The van der Waals surface area contributed by atoms with E-state index in [1.54, 1.807) is 19.9 Å². The molecule has 9 nitrogen and oxygen atoms in total. The van der Waals surface area contributed by atoms with Crippen LogP contribution in [0.1, 0.15) is 11.4 Å². The highest BCUT2D eigenvalue weighted by molar-refractivity contribution is 7.93.